The first kappa shape index (κ1) is 19.8. The zero-order chi connectivity index (χ0) is 20.4. The summed E-state index contributed by atoms with van der Waals surface area (Å²) in [6, 6.07) is 11.0. The highest BCUT2D eigenvalue weighted by Crippen LogP contribution is 2.36. The second-order valence-electron chi connectivity index (χ2n) is 7.97. The zero-order valence-electron chi connectivity index (χ0n) is 16.7. The van der Waals surface area contributed by atoms with Crippen molar-refractivity contribution in [2.75, 3.05) is 23.8 Å². The van der Waals surface area contributed by atoms with E-state index in [0.29, 0.717) is 11.9 Å². The van der Waals surface area contributed by atoms with Crippen molar-refractivity contribution in [1.29, 1.82) is 5.41 Å². The molecular weight excluding hydrogens is 384 g/mol. The third-order valence-electron chi connectivity index (χ3n) is 6.23. The predicted molar refractivity (Wildman–Crippen MR) is 119 cm³/mol. The van der Waals surface area contributed by atoms with Gasteiger partial charge in [-0.3, -0.25) is 5.41 Å². The van der Waals surface area contributed by atoms with Gasteiger partial charge in [0.2, 0.25) is 0 Å². The molecule has 1 aromatic heterocycles. The summed E-state index contributed by atoms with van der Waals surface area (Å²) in [5, 5.41) is 22.7. The number of carboxylic acid groups (broad SMARTS) is 1. The smallest absolute Gasteiger partial charge is 0.407 e. The van der Waals surface area contributed by atoms with Crippen LogP contribution in [0, 0.1) is 5.41 Å². The van der Waals surface area contributed by atoms with Crippen LogP contribution < -0.4 is 10.2 Å². The number of fused-ring (bicyclic) bond motifs is 1. The van der Waals surface area contributed by atoms with E-state index in [-0.39, 0.29) is 6.04 Å². The van der Waals surface area contributed by atoms with Crippen LogP contribution in [0.5, 0.6) is 0 Å². The van der Waals surface area contributed by atoms with Crippen molar-refractivity contribution in [3.63, 3.8) is 0 Å². The Bertz CT molecular complexity index is 875. The van der Waals surface area contributed by atoms with Gasteiger partial charge in [0.1, 0.15) is 5.84 Å². The summed E-state index contributed by atoms with van der Waals surface area (Å²) >= 11 is 1.57. The van der Waals surface area contributed by atoms with Gasteiger partial charge in [-0.25, -0.2) is 4.79 Å². The minimum atomic E-state index is -0.829. The summed E-state index contributed by atoms with van der Waals surface area (Å²) in [5.74, 6) is 0.438. The minimum absolute atomic E-state index is 0.142. The Labute approximate surface area is 175 Å². The first-order valence-electron chi connectivity index (χ1n) is 10.3. The minimum Gasteiger partial charge on any atom is -0.465 e. The van der Waals surface area contributed by atoms with Gasteiger partial charge in [-0.2, -0.15) is 0 Å². The van der Waals surface area contributed by atoms with Crippen LogP contribution in [0.1, 0.15) is 42.5 Å². The topological polar surface area (TPSA) is 79.7 Å². The van der Waals surface area contributed by atoms with Gasteiger partial charge in [0, 0.05) is 37.1 Å². The zero-order valence-corrected chi connectivity index (χ0v) is 17.5. The number of hydrogen-bond acceptors (Lipinski definition) is 4. The van der Waals surface area contributed by atoms with Gasteiger partial charge in [-0.15, -0.1) is 11.3 Å². The number of aryl methyl sites for hydroxylation is 1. The number of nitrogens with one attached hydrogen (secondary N) is 2. The van der Waals surface area contributed by atoms with Crippen molar-refractivity contribution < 1.29 is 9.90 Å². The third kappa shape index (κ3) is 4.24. The summed E-state index contributed by atoms with van der Waals surface area (Å²) in [6.07, 6.45) is 5.28. The number of hydrogen-bond donors (Lipinski definition) is 3. The van der Waals surface area contributed by atoms with Crippen molar-refractivity contribution in [2.45, 2.75) is 50.6 Å². The highest BCUT2D eigenvalue weighted by Gasteiger charge is 2.31. The number of benzene rings is 1. The van der Waals surface area contributed by atoms with E-state index >= 15 is 0 Å². The second-order valence-corrected chi connectivity index (χ2v) is 8.92. The third-order valence-corrected chi connectivity index (χ3v) is 7.11. The van der Waals surface area contributed by atoms with Crippen molar-refractivity contribution >= 4 is 34.6 Å². The lowest BCUT2D eigenvalue weighted by Gasteiger charge is -2.42. The van der Waals surface area contributed by atoms with E-state index in [1.807, 2.05) is 17.5 Å². The van der Waals surface area contributed by atoms with Crippen LogP contribution in [-0.2, 0) is 6.42 Å². The largest absolute Gasteiger partial charge is 0.465 e. The molecule has 0 radical (unpaired) electrons. The van der Waals surface area contributed by atoms with Crippen LogP contribution in [0.4, 0.5) is 16.2 Å². The molecule has 6 nitrogen and oxygen atoms in total. The summed E-state index contributed by atoms with van der Waals surface area (Å²) in [6.45, 7) is 1.06. The summed E-state index contributed by atoms with van der Waals surface area (Å²) < 4.78 is 0. The normalized spacial score (nSPS) is 21.3. The molecule has 0 spiro atoms. The van der Waals surface area contributed by atoms with Crippen molar-refractivity contribution in [3.05, 3.63) is 46.2 Å². The molecule has 1 aromatic carbocycles. The van der Waals surface area contributed by atoms with Crippen LogP contribution in [0.25, 0.3) is 0 Å². The molecule has 3 N–H and O–H groups in total. The Kier molecular flexibility index (Phi) is 5.76. The standard InChI is InChI=1S/C22H28N4O2S/c1-25(22(27)28)17-7-9-18(10-8-17)26-12-2-4-15-14-16(6-11-19(15)26)24-21(23)20-5-3-13-29-20/h3,5-6,11,13-14,17-18H,2,4,7-10,12H2,1H3,(H2,23,24)(H,27,28). The number of thiophene rings is 1. The second kappa shape index (κ2) is 8.45. The maximum Gasteiger partial charge on any atom is 0.407 e. The molecule has 1 amide bonds. The molecule has 0 bridgehead atoms. The first-order valence-corrected chi connectivity index (χ1v) is 11.2. The molecule has 2 heterocycles. The number of amidine groups is 1. The van der Waals surface area contributed by atoms with E-state index in [4.69, 9.17) is 5.41 Å². The molecular formula is C22H28N4O2S. The molecule has 1 aliphatic carbocycles. The maximum absolute atomic E-state index is 11.2. The Morgan fingerprint density at radius 2 is 2.07 bits per heavy atom. The molecule has 2 aromatic rings. The van der Waals surface area contributed by atoms with E-state index in [2.05, 4.69) is 28.4 Å². The number of rotatable bonds is 4. The lowest BCUT2D eigenvalue weighted by Crippen LogP contribution is -2.46. The fourth-order valence-electron chi connectivity index (χ4n) is 4.62. The Hall–Kier alpha value is -2.54. The fourth-order valence-corrected chi connectivity index (χ4v) is 5.25. The van der Waals surface area contributed by atoms with Crippen molar-refractivity contribution in [2.24, 2.45) is 0 Å². The summed E-state index contributed by atoms with van der Waals surface area (Å²) in [5.41, 5.74) is 3.61. The number of anilines is 2. The summed E-state index contributed by atoms with van der Waals surface area (Å²) in [7, 11) is 1.69. The maximum atomic E-state index is 11.2. The van der Waals surface area contributed by atoms with Gasteiger partial charge in [0.15, 0.2) is 0 Å². The molecule has 1 aliphatic heterocycles. The van der Waals surface area contributed by atoms with Gasteiger partial charge in [0.05, 0.1) is 4.88 Å². The average Bonchev–Trinajstić information content (AvgIpc) is 3.28. The fraction of sp³-hybridized carbons (Fsp3) is 0.455. The van der Waals surface area contributed by atoms with Crippen LogP contribution in [-0.4, -0.2) is 47.6 Å². The summed E-state index contributed by atoms with van der Waals surface area (Å²) in [4.78, 5) is 16.2. The van der Waals surface area contributed by atoms with Gasteiger partial charge in [0.25, 0.3) is 0 Å². The van der Waals surface area contributed by atoms with Gasteiger partial charge >= 0.3 is 6.09 Å². The molecule has 0 saturated heterocycles. The van der Waals surface area contributed by atoms with Crippen LogP contribution in [0.3, 0.4) is 0 Å². The Morgan fingerprint density at radius 1 is 1.28 bits per heavy atom. The van der Waals surface area contributed by atoms with Gasteiger partial charge in [-0.1, -0.05) is 6.07 Å². The highest BCUT2D eigenvalue weighted by molar-refractivity contribution is 7.12. The molecule has 29 heavy (non-hydrogen) atoms. The molecule has 2 aliphatic rings. The van der Waals surface area contributed by atoms with Crippen LogP contribution >= 0.6 is 11.3 Å². The highest BCUT2D eigenvalue weighted by atomic mass is 32.1. The molecule has 1 saturated carbocycles. The Morgan fingerprint density at radius 3 is 2.76 bits per heavy atom. The average molecular weight is 413 g/mol. The van der Waals surface area contributed by atoms with E-state index < -0.39 is 6.09 Å². The van der Waals surface area contributed by atoms with Crippen molar-refractivity contribution in [1.82, 2.24) is 4.90 Å². The van der Waals surface area contributed by atoms with E-state index in [1.54, 1.807) is 18.4 Å². The number of carbonyl (C=O) groups is 1. The molecule has 0 atom stereocenters. The van der Waals surface area contributed by atoms with Crippen LogP contribution in [0.15, 0.2) is 35.7 Å². The Balaban J connectivity index is 1.44. The van der Waals surface area contributed by atoms with E-state index in [9.17, 15) is 9.90 Å². The van der Waals surface area contributed by atoms with E-state index in [1.165, 1.54) is 16.2 Å². The monoisotopic (exact) mass is 412 g/mol. The predicted octanol–water partition coefficient (Wildman–Crippen LogP) is 4.86. The SMILES string of the molecule is CN(C(=O)O)C1CCC(N2CCCc3cc(NC(=N)c4cccs4)ccc32)CC1. The molecule has 4 rings (SSSR count). The number of amides is 1. The first-order chi connectivity index (χ1) is 14.0. The van der Waals surface area contributed by atoms with Gasteiger partial charge in [-0.05, 0) is 73.7 Å². The number of nitrogens with zero attached hydrogens (tertiary/aromatic N) is 2. The quantitative estimate of drug-likeness (QED) is 0.495. The molecule has 1 fully saturated rings. The van der Waals surface area contributed by atoms with E-state index in [0.717, 1.165) is 55.6 Å². The van der Waals surface area contributed by atoms with Gasteiger partial charge < -0.3 is 20.2 Å². The van der Waals surface area contributed by atoms with Crippen molar-refractivity contribution in [3.8, 4) is 0 Å². The van der Waals surface area contributed by atoms with Crippen LogP contribution in [0.2, 0.25) is 0 Å². The lowest BCUT2D eigenvalue weighted by atomic mass is 9.87. The lowest BCUT2D eigenvalue weighted by molar-refractivity contribution is 0.123. The molecule has 7 heteroatoms. The molecule has 154 valence electrons. The molecule has 0 unspecified atom stereocenters.